The van der Waals surface area contributed by atoms with E-state index in [-0.39, 0.29) is 25.2 Å². The number of benzene rings is 2. The zero-order valence-corrected chi connectivity index (χ0v) is 18.3. The van der Waals surface area contributed by atoms with Crippen LogP contribution in [0.1, 0.15) is 35.8 Å². The Hall–Kier alpha value is -3.97. The van der Waals surface area contributed by atoms with E-state index in [0.29, 0.717) is 11.3 Å². The number of esters is 1. The van der Waals surface area contributed by atoms with E-state index in [4.69, 9.17) is 4.74 Å². The monoisotopic (exact) mass is 442 g/mol. The first-order chi connectivity index (χ1) is 16.2. The van der Waals surface area contributed by atoms with E-state index in [1.54, 1.807) is 13.1 Å². The van der Waals surface area contributed by atoms with Gasteiger partial charge in [-0.25, -0.2) is 9.59 Å². The lowest BCUT2D eigenvalue weighted by Crippen LogP contribution is -2.48. The molecule has 1 aromatic heterocycles. The Kier molecular flexibility index (Phi) is 7.12. The van der Waals surface area contributed by atoms with E-state index in [0.717, 1.165) is 16.8 Å². The van der Waals surface area contributed by atoms with Crippen molar-refractivity contribution in [2.45, 2.75) is 19.0 Å². The fourth-order valence-electron chi connectivity index (χ4n) is 3.89. The molecule has 2 amide bonds. The van der Waals surface area contributed by atoms with Crippen LogP contribution in [0, 0.1) is 0 Å². The van der Waals surface area contributed by atoms with Crippen LogP contribution in [0.3, 0.4) is 0 Å². The highest BCUT2D eigenvalue weighted by atomic mass is 16.5. The Bertz CT molecular complexity index is 1080. The van der Waals surface area contributed by atoms with Gasteiger partial charge >= 0.3 is 12.0 Å². The number of pyridine rings is 1. The zero-order valence-electron chi connectivity index (χ0n) is 18.3. The minimum absolute atomic E-state index is 0.231. The molecule has 3 aromatic rings. The molecule has 168 valence electrons. The second kappa shape index (κ2) is 10.6. The van der Waals surface area contributed by atoms with Gasteiger partial charge in [0.2, 0.25) is 0 Å². The molecule has 0 saturated carbocycles. The Balaban J connectivity index is 1.70. The molecule has 2 atom stereocenters. The van der Waals surface area contributed by atoms with E-state index < -0.39 is 12.0 Å². The van der Waals surface area contributed by atoms with Crippen molar-refractivity contribution >= 4 is 12.0 Å². The molecule has 0 saturated heterocycles. The summed E-state index contributed by atoms with van der Waals surface area (Å²) >= 11 is 0. The van der Waals surface area contributed by atoms with Gasteiger partial charge in [-0.15, -0.1) is 0 Å². The topological polar surface area (TPSA) is 92.3 Å². The smallest absolute Gasteiger partial charge is 0.338 e. The lowest BCUT2D eigenvalue weighted by Gasteiger charge is -2.30. The van der Waals surface area contributed by atoms with Gasteiger partial charge < -0.3 is 15.4 Å². The van der Waals surface area contributed by atoms with E-state index in [2.05, 4.69) is 20.9 Å². The first-order valence-electron chi connectivity index (χ1n) is 10.9. The van der Waals surface area contributed by atoms with Gasteiger partial charge in [0, 0.05) is 18.4 Å². The molecule has 3 N–H and O–H groups in total. The summed E-state index contributed by atoms with van der Waals surface area (Å²) in [6.45, 7) is 2.23. The molecule has 2 unspecified atom stereocenters. The van der Waals surface area contributed by atoms with Crippen LogP contribution in [0.15, 0.2) is 96.3 Å². The highest BCUT2D eigenvalue weighted by Gasteiger charge is 2.33. The van der Waals surface area contributed by atoms with Gasteiger partial charge in [0.05, 0.1) is 30.0 Å². The first kappa shape index (κ1) is 22.2. The summed E-state index contributed by atoms with van der Waals surface area (Å²) in [6.07, 6.45) is 1.74. The molecule has 0 bridgehead atoms. The van der Waals surface area contributed by atoms with Crippen molar-refractivity contribution in [2.75, 3.05) is 13.2 Å². The molecular formula is C26H26N4O3. The Labute approximate surface area is 192 Å². The molecule has 7 heteroatoms. The van der Waals surface area contributed by atoms with Crippen LogP contribution in [-0.4, -0.2) is 30.1 Å². The second-order valence-corrected chi connectivity index (χ2v) is 7.53. The van der Waals surface area contributed by atoms with E-state index in [1.807, 2.05) is 78.9 Å². The zero-order chi connectivity index (χ0) is 23.0. The molecule has 0 radical (unpaired) electrons. The van der Waals surface area contributed by atoms with Crippen LogP contribution < -0.4 is 16.0 Å². The number of urea groups is 1. The lowest BCUT2D eigenvalue weighted by atomic mass is 9.95. The maximum atomic E-state index is 13.0. The molecular weight excluding hydrogens is 416 g/mol. The molecule has 0 fully saturated rings. The third-order valence-electron chi connectivity index (χ3n) is 5.38. The van der Waals surface area contributed by atoms with Gasteiger partial charge in [0.25, 0.3) is 0 Å². The number of rotatable bonds is 8. The number of amides is 2. The van der Waals surface area contributed by atoms with Gasteiger partial charge in [-0.1, -0.05) is 66.7 Å². The first-order valence-corrected chi connectivity index (χ1v) is 10.9. The SMILES string of the molecule is CCOC(=O)C1=C(CNC(c2ccccc2)c2ccccn2)NC(=O)NC1c1ccccc1. The minimum atomic E-state index is -0.610. The van der Waals surface area contributed by atoms with Crippen LogP contribution in [0.2, 0.25) is 0 Å². The molecule has 0 spiro atoms. The minimum Gasteiger partial charge on any atom is -0.463 e. The predicted octanol–water partition coefficient (Wildman–Crippen LogP) is 3.63. The van der Waals surface area contributed by atoms with Crippen LogP contribution >= 0.6 is 0 Å². The number of nitrogens with one attached hydrogen (secondary N) is 3. The molecule has 33 heavy (non-hydrogen) atoms. The van der Waals surface area contributed by atoms with E-state index in [1.165, 1.54) is 0 Å². The number of nitrogens with zero attached hydrogens (tertiary/aromatic N) is 1. The van der Waals surface area contributed by atoms with Crippen molar-refractivity contribution in [1.82, 2.24) is 20.9 Å². The van der Waals surface area contributed by atoms with Gasteiger partial charge in [0.1, 0.15) is 0 Å². The average Bonchev–Trinajstić information content (AvgIpc) is 2.86. The summed E-state index contributed by atoms with van der Waals surface area (Å²) in [7, 11) is 0. The highest BCUT2D eigenvalue weighted by molar-refractivity contribution is 5.95. The number of carbonyl (C=O) groups excluding carboxylic acids is 2. The predicted molar refractivity (Wildman–Crippen MR) is 125 cm³/mol. The standard InChI is InChI=1S/C26H26N4O3/c1-2-33-25(31)22-21(29-26(32)30-24(22)19-13-7-4-8-14-19)17-28-23(18-11-5-3-6-12-18)20-15-9-10-16-27-20/h3-16,23-24,28H,2,17H2,1H3,(H2,29,30,32). The van der Waals surface area contributed by atoms with Crippen molar-refractivity contribution in [1.29, 1.82) is 0 Å². The third-order valence-corrected chi connectivity index (χ3v) is 5.38. The van der Waals surface area contributed by atoms with Crippen LogP contribution in [-0.2, 0) is 9.53 Å². The largest absolute Gasteiger partial charge is 0.463 e. The maximum absolute atomic E-state index is 13.0. The van der Waals surface area contributed by atoms with Crippen molar-refractivity contribution in [3.63, 3.8) is 0 Å². The molecule has 1 aliphatic rings. The van der Waals surface area contributed by atoms with Gasteiger partial charge in [0.15, 0.2) is 0 Å². The summed E-state index contributed by atoms with van der Waals surface area (Å²) in [5.41, 5.74) is 3.51. The summed E-state index contributed by atoms with van der Waals surface area (Å²) < 4.78 is 5.35. The van der Waals surface area contributed by atoms with E-state index >= 15 is 0 Å². The lowest BCUT2D eigenvalue weighted by molar-refractivity contribution is -0.139. The fourth-order valence-corrected chi connectivity index (χ4v) is 3.89. The summed E-state index contributed by atoms with van der Waals surface area (Å²) in [5, 5.41) is 9.13. The van der Waals surface area contributed by atoms with Crippen molar-refractivity contribution < 1.29 is 14.3 Å². The van der Waals surface area contributed by atoms with Crippen LogP contribution in [0.5, 0.6) is 0 Å². The Morgan fingerprint density at radius 1 is 1.03 bits per heavy atom. The molecule has 4 rings (SSSR count). The number of hydrogen-bond donors (Lipinski definition) is 3. The summed E-state index contributed by atoms with van der Waals surface area (Å²) in [5.74, 6) is -0.468. The van der Waals surface area contributed by atoms with Crippen molar-refractivity contribution in [2.24, 2.45) is 0 Å². The van der Waals surface area contributed by atoms with Gasteiger partial charge in [-0.05, 0) is 30.2 Å². The second-order valence-electron chi connectivity index (χ2n) is 7.53. The number of carbonyl (C=O) groups is 2. The average molecular weight is 443 g/mol. The fraction of sp³-hybridized carbons (Fsp3) is 0.192. The van der Waals surface area contributed by atoms with E-state index in [9.17, 15) is 9.59 Å². The normalized spacial score (nSPS) is 16.5. The molecule has 2 heterocycles. The Morgan fingerprint density at radius 2 is 1.73 bits per heavy atom. The number of aromatic nitrogens is 1. The quantitative estimate of drug-likeness (QED) is 0.464. The van der Waals surface area contributed by atoms with Gasteiger partial charge in [-0.3, -0.25) is 10.3 Å². The maximum Gasteiger partial charge on any atom is 0.338 e. The molecule has 2 aromatic carbocycles. The molecule has 7 nitrogen and oxygen atoms in total. The Morgan fingerprint density at radius 3 is 2.39 bits per heavy atom. The highest BCUT2D eigenvalue weighted by Crippen LogP contribution is 2.28. The van der Waals surface area contributed by atoms with Crippen LogP contribution in [0.4, 0.5) is 4.79 Å². The molecule has 0 aliphatic carbocycles. The third kappa shape index (κ3) is 5.27. The number of ether oxygens (including phenoxy) is 1. The van der Waals surface area contributed by atoms with Gasteiger partial charge in [-0.2, -0.15) is 0 Å². The molecule has 1 aliphatic heterocycles. The summed E-state index contributed by atoms with van der Waals surface area (Å²) in [6, 6.07) is 23.8. The van der Waals surface area contributed by atoms with Crippen LogP contribution in [0.25, 0.3) is 0 Å². The van der Waals surface area contributed by atoms with Crippen molar-refractivity contribution in [3.05, 3.63) is 113 Å². The van der Waals surface area contributed by atoms with Crippen molar-refractivity contribution in [3.8, 4) is 0 Å². The number of hydrogen-bond acceptors (Lipinski definition) is 5. The summed E-state index contributed by atoms with van der Waals surface area (Å²) in [4.78, 5) is 30.0.